The number of nitrogens with zero attached hydrogens (tertiary/aromatic N) is 2. The minimum absolute atomic E-state index is 0.0588. The lowest BCUT2D eigenvalue weighted by Gasteiger charge is -1.94. The fraction of sp³-hybridized carbons (Fsp3) is 0.167. The summed E-state index contributed by atoms with van der Waals surface area (Å²) in [5.74, 6) is -0.969. The molecule has 82 valence electrons. The van der Waals surface area contributed by atoms with E-state index in [-0.39, 0.29) is 10.8 Å². The lowest BCUT2D eigenvalue weighted by atomic mass is 10.8. The number of carbonyl (C=O) groups is 1. The van der Waals surface area contributed by atoms with Gasteiger partial charge in [0.1, 0.15) is 0 Å². The fourth-order valence-corrected chi connectivity index (χ4v) is 3.00. The van der Waals surface area contributed by atoms with Crippen LogP contribution in [0.3, 0.4) is 0 Å². The van der Waals surface area contributed by atoms with Gasteiger partial charge in [-0.25, -0.2) is 5.26 Å². The van der Waals surface area contributed by atoms with E-state index in [0.717, 1.165) is 23.5 Å². The van der Waals surface area contributed by atoms with Gasteiger partial charge >= 0.3 is 5.97 Å². The van der Waals surface area contributed by atoms with Crippen LogP contribution in [0.2, 0.25) is 0 Å². The molecule has 0 fully saturated rings. The molecule has 0 saturated carbocycles. The summed E-state index contributed by atoms with van der Waals surface area (Å²) < 4.78 is 1.08. The van der Waals surface area contributed by atoms with Gasteiger partial charge in [0.2, 0.25) is 0 Å². The maximum absolute atomic E-state index is 10.3. The molecule has 0 atom stereocenters. The number of hydrogen-bond donors (Lipinski definition) is 2. The summed E-state index contributed by atoms with van der Waals surface area (Å²) in [6, 6.07) is 0. The Balaban J connectivity index is 2.49. The Morgan fingerprint density at radius 2 is 2.20 bits per heavy atom. The number of rotatable bonds is 6. The summed E-state index contributed by atoms with van der Waals surface area (Å²) in [4.78, 5) is 14.1. The summed E-state index contributed by atoms with van der Waals surface area (Å²) in [6.07, 6.45) is 0. The highest BCUT2D eigenvalue weighted by Gasteiger charge is 2.09. The first-order valence-electron chi connectivity index (χ1n) is 3.48. The van der Waals surface area contributed by atoms with Gasteiger partial charge in [-0.15, -0.1) is 10.2 Å². The average Bonchev–Trinajstić information content (AvgIpc) is 2.62. The van der Waals surface area contributed by atoms with Crippen molar-refractivity contribution in [2.75, 3.05) is 5.75 Å². The molecule has 6 nitrogen and oxygen atoms in total. The molecule has 0 bridgehead atoms. The van der Waals surface area contributed by atoms with Crippen LogP contribution in [0.15, 0.2) is 20.3 Å². The number of hydrogen-bond acceptors (Lipinski definition) is 8. The maximum Gasteiger partial charge on any atom is 0.313 e. The van der Waals surface area contributed by atoms with Crippen molar-refractivity contribution in [3.8, 4) is 0 Å². The van der Waals surface area contributed by atoms with Gasteiger partial charge in [0.25, 0.3) is 0 Å². The molecule has 15 heavy (non-hydrogen) atoms. The van der Waals surface area contributed by atoms with E-state index in [1.807, 2.05) is 0 Å². The lowest BCUT2D eigenvalue weighted by molar-refractivity contribution is -0.191. The summed E-state index contributed by atoms with van der Waals surface area (Å²) in [7, 11) is 0. The topological polar surface area (TPSA) is 92.5 Å². The SMILES string of the molecule is C=C(OO)Sc1nnc(SCC(=O)O)s1. The molecular formula is C6H6N2O4S3. The largest absolute Gasteiger partial charge is 0.481 e. The molecule has 1 aromatic heterocycles. The van der Waals surface area contributed by atoms with Crippen molar-refractivity contribution >= 4 is 40.8 Å². The molecule has 0 saturated heterocycles. The van der Waals surface area contributed by atoms with Gasteiger partial charge in [0.15, 0.2) is 13.8 Å². The zero-order valence-corrected chi connectivity index (χ0v) is 9.69. The van der Waals surface area contributed by atoms with Crippen molar-refractivity contribution in [2.24, 2.45) is 0 Å². The second-order valence-corrected chi connectivity index (χ2v) is 5.59. The zero-order valence-electron chi connectivity index (χ0n) is 7.24. The molecule has 1 rings (SSSR count). The second-order valence-electron chi connectivity index (χ2n) is 2.08. The van der Waals surface area contributed by atoms with Gasteiger partial charge in [-0.2, -0.15) is 0 Å². The van der Waals surface area contributed by atoms with Crippen LogP contribution in [0, 0.1) is 0 Å². The van der Waals surface area contributed by atoms with Gasteiger partial charge in [-0.05, 0) is 18.3 Å². The predicted octanol–water partition coefficient (Wildman–Crippen LogP) is 1.77. The molecular weight excluding hydrogens is 260 g/mol. The van der Waals surface area contributed by atoms with E-state index < -0.39 is 5.97 Å². The molecule has 0 amide bonds. The highest BCUT2D eigenvalue weighted by Crippen LogP contribution is 2.32. The number of carboxylic acids is 1. The predicted molar refractivity (Wildman–Crippen MR) is 57.0 cm³/mol. The normalized spacial score (nSPS) is 9.93. The standard InChI is InChI=1S/C6H6N2O4S3/c1-3(12-11)14-6-8-7-5(15-6)13-2-4(9)10/h11H,1-2H2,(H,9,10). The molecule has 0 aliphatic carbocycles. The van der Waals surface area contributed by atoms with Crippen molar-refractivity contribution < 1.29 is 20.0 Å². The third-order valence-electron chi connectivity index (χ3n) is 1.01. The molecule has 0 aliphatic rings. The number of thioether (sulfide) groups is 2. The van der Waals surface area contributed by atoms with E-state index in [0.29, 0.717) is 8.68 Å². The quantitative estimate of drug-likeness (QED) is 0.348. The van der Waals surface area contributed by atoms with Crippen LogP contribution >= 0.6 is 34.9 Å². The van der Waals surface area contributed by atoms with Gasteiger partial charge in [0, 0.05) is 0 Å². The van der Waals surface area contributed by atoms with E-state index in [2.05, 4.69) is 21.7 Å². The van der Waals surface area contributed by atoms with E-state index in [9.17, 15) is 4.79 Å². The van der Waals surface area contributed by atoms with Crippen molar-refractivity contribution in [3.63, 3.8) is 0 Å². The average molecular weight is 266 g/mol. The molecule has 0 radical (unpaired) electrons. The molecule has 2 N–H and O–H groups in total. The molecule has 9 heteroatoms. The summed E-state index contributed by atoms with van der Waals surface area (Å²) in [5.41, 5.74) is 0. The molecule has 0 unspecified atom stereocenters. The summed E-state index contributed by atoms with van der Waals surface area (Å²) in [5, 5.41) is 24.2. The Bertz CT molecular complexity index is 367. The van der Waals surface area contributed by atoms with E-state index >= 15 is 0 Å². The molecule has 1 heterocycles. The minimum atomic E-state index is -0.910. The van der Waals surface area contributed by atoms with Crippen LogP contribution in [0.25, 0.3) is 0 Å². The lowest BCUT2D eigenvalue weighted by Crippen LogP contribution is -1.96. The summed E-state index contributed by atoms with van der Waals surface area (Å²) in [6.45, 7) is 3.38. The third kappa shape index (κ3) is 4.51. The number of aliphatic carboxylic acids is 1. The van der Waals surface area contributed by atoms with E-state index in [1.54, 1.807) is 0 Å². The molecule has 1 aromatic rings. The van der Waals surface area contributed by atoms with Crippen LogP contribution < -0.4 is 0 Å². The summed E-state index contributed by atoms with van der Waals surface area (Å²) >= 11 is 3.31. The Hall–Kier alpha value is -0.770. The monoisotopic (exact) mass is 266 g/mol. The minimum Gasteiger partial charge on any atom is -0.481 e. The Labute approximate surface area is 97.3 Å². The van der Waals surface area contributed by atoms with Crippen molar-refractivity contribution in [1.29, 1.82) is 0 Å². The van der Waals surface area contributed by atoms with Crippen LogP contribution in [-0.4, -0.2) is 32.3 Å². The first kappa shape index (κ1) is 12.3. The van der Waals surface area contributed by atoms with Gasteiger partial charge in [-0.1, -0.05) is 23.1 Å². The van der Waals surface area contributed by atoms with Crippen molar-refractivity contribution in [1.82, 2.24) is 10.2 Å². The first-order chi connectivity index (χ1) is 7.11. The van der Waals surface area contributed by atoms with E-state index in [4.69, 9.17) is 10.4 Å². The van der Waals surface area contributed by atoms with Crippen LogP contribution in [0.1, 0.15) is 0 Å². The van der Waals surface area contributed by atoms with Crippen LogP contribution in [0.5, 0.6) is 0 Å². The van der Waals surface area contributed by atoms with Crippen molar-refractivity contribution in [3.05, 3.63) is 11.7 Å². The maximum atomic E-state index is 10.3. The van der Waals surface area contributed by atoms with Crippen LogP contribution in [-0.2, 0) is 9.68 Å². The second kappa shape index (κ2) is 5.95. The fourth-order valence-electron chi connectivity index (χ4n) is 0.536. The molecule has 0 aromatic carbocycles. The Morgan fingerprint density at radius 3 is 2.80 bits per heavy atom. The zero-order chi connectivity index (χ0) is 11.3. The molecule has 0 spiro atoms. The van der Waals surface area contributed by atoms with Gasteiger partial charge in [-0.3, -0.25) is 4.79 Å². The highest BCUT2D eigenvalue weighted by molar-refractivity contribution is 8.05. The molecule has 0 aliphatic heterocycles. The van der Waals surface area contributed by atoms with Gasteiger partial charge < -0.3 is 9.99 Å². The Kier molecular flexibility index (Phi) is 4.88. The number of aromatic nitrogens is 2. The van der Waals surface area contributed by atoms with Crippen LogP contribution in [0.4, 0.5) is 0 Å². The first-order valence-corrected chi connectivity index (χ1v) is 6.10. The Morgan fingerprint density at radius 1 is 1.53 bits per heavy atom. The van der Waals surface area contributed by atoms with E-state index in [1.165, 1.54) is 11.3 Å². The number of carboxylic acid groups (broad SMARTS) is 1. The smallest absolute Gasteiger partial charge is 0.313 e. The third-order valence-corrected chi connectivity index (χ3v) is 3.90. The van der Waals surface area contributed by atoms with Gasteiger partial charge in [0.05, 0.1) is 5.75 Å². The highest BCUT2D eigenvalue weighted by atomic mass is 32.2. The van der Waals surface area contributed by atoms with Crippen molar-refractivity contribution in [2.45, 2.75) is 8.68 Å².